The van der Waals surface area contributed by atoms with Crippen molar-refractivity contribution in [3.05, 3.63) is 29.8 Å². The van der Waals surface area contributed by atoms with Gasteiger partial charge in [-0.25, -0.2) is 0 Å². The molecular weight excluding hydrogens is 438 g/mol. The first-order valence-electron chi connectivity index (χ1n) is 10.3. The SMILES string of the molecule is COc1ccc(CO[C@H]2O[C@@H](COC(C)=O)[C@@H](OC(C)=O)[C@H](OC(C)=O)[C@@H]2NC(C)=O)cc1. The molecule has 0 aromatic heterocycles. The van der Waals surface area contributed by atoms with Crippen LogP contribution in [0.2, 0.25) is 0 Å². The molecule has 1 N–H and O–H groups in total. The second-order valence-electron chi connectivity index (χ2n) is 7.38. The number of rotatable bonds is 9. The number of esters is 3. The van der Waals surface area contributed by atoms with Gasteiger partial charge in [0, 0.05) is 27.7 Å². The van der Waals surface area contributed by atoms with Crippen molar-refractivity contribution in [2.24, 2.45) is 0 Å². The maximum atomic E-state index is 11.9. The molecule has 0 aliphatic carbocycles. The van der Waals surface area contributed by atoms with Crippen LogP contribution >= 0.6 is 0 Å². The molecule has 0 unspecified atom stereocenters. The number of nitrogens with one attached hydrogen (secondary N) is 1. The monoisotopic (exact) mass is 467 g/mol. The molecule has 11 heteroatoms. The lowest BCUT2D eigenvalue weighted by Crippen LogP contribution is -2.66. The molecular formula is C22H29NO10. The van der Waals surface area contributed by atoms with Crippen molar-refractivity contribution in [1.29, 1.82) is 0 Å². The molecule has 182 valence electrons. The Kier molecular flexibility index (Phi) is 9.61. The molecule has 1 aliphatic rings. The van der Waals surface area contributed by atoms with Crippen LogP contribution in [0.4, 0.5) is 0 Å². The molecule has 33 heavy (non-hydrogen) atoms. The van der Waals surface area contributed by atoms with Gasteiger partial charge in [-0.1, -0.05) is 12.1 Å². The fourth-order valence-corrected chi connectivity index (χ4v) is 3.33. The second-order valence-corrected chi connectivity index (χ2v) is 7.38. The summed E-state index contributed by atoms with van der Waals surface area (Å²) in [6.07, 6.45) is -4.46. The Hall–Kier alpha value is -3.18. The maximum Gasteiger partial charge on any atom is 0.303 e. The Balaban J connectivity index is 2.33. The van der Waals surface area contributed by atoms with Crippen LogP contribution in [0.3, 0.4) is 0 Å². The minimum Gasteiger partial charge on any atom is -0.497 e. The average Bonchev–Trinajstić information content (AvgIpc) is 2.73. The van der Waals surface area contributed by atoms with Gasteiger partial charge in [0.2, 0.25) is 5.91 Å². The topological polar surface area (TPSA) is 136 Å². The van der Waals surface area contributed by atoms with E-state index in [1.807, 2.05) is 0 Å². The van der Waals surface area contributed by atoms with Crippen molar-refractivity contribution in [1.82, 2.24) is 5.32 Å². The molecule has 1 aromatic rings. The van der Waals surface area contributed by atoms with Crippen molar-refractivity contribution in [3.8, 4) is 5.75 Å². The third-order valence-corrected chi connectivity index (χ3v) is 4.64. The van der Waals surface area contributed by atoms with Gasteiger partial charge in [-0.2, -0.15) is 0 Å². The maximum absolute atomic E-state index is 11.9. The third-order valence-electron chi connectivity index (χ3n) is 4.64. The molecule has 1 amide bonds. The van der Waals surface area contributed by atoms with Crippen LogP contribution in [0, 0.1) is 0 Å². The highest BCUT2D eigenvalue weighted by atomic mass is 16.7. The van der Waals surface area contributed by atoms with E-state index in [2.05, 4.69) is 5.32 Å². The molecule has 1 aromatic carbocycles. The summed E-state index contributed by atoms with van der Waals surface area (Å²) >= 11 is 0. The van der Waals surface area contributed by atoms with E-state index in [4.69, 9.17) is 28.4 Å². The number of carbonyl (C=O) groups excluding carboxylic acids is 4. The highest BCUT2D eigenvalue weighted by Gasteiger charge is 2.51. The van der Waals surface area contributed by atoms with Crippen molar-refractivity contribution >= 4 is 23.8 Å². The standard InChI is InChI=1S/C22H29NO10/c1-12(24)23-19-21(32-15(4)27)20(31-14(3)26)18(11-29-13(2)25)33-22(19)30-10-16-6-8-17(28-5)9-7-16/h6-9,18-22H,10-11H2,1-5H3,(H,23,24)/t18-,19-,20+,21+,22-/m0/s1. The Morgan fingerprint density at radius 1 is 0.909 bits per heavy atom. The van der Waals surface area contributed by atoms with Crippen LogP contribution < -0.4 is 10.1 Å². The van der Waals surface area contributed by atoms with Gasteiger partial charge in [0.25, 0.3) is 0 Å². The van der Waals surface area contributed by atoms with Crippen LogP contribution in [-0.4, -0.2) is 68.2 Å². The zero-order valence-electron chi connectivity index (χ0n) is 19.2. The van der Waals surface area contributed by atoms with Gasteiger partial charge >= 0.3 is 17.9 Å². The lowest BCUT2D eigenvalue weighted by atomic mass is 9.96. The number of ether oxygens (including phenoxy) is 6. The quantitative estimate of drug-likeness (QED) is 0.411. The van der Waals surface area contributed by atoms with E-state index in [0.29, 0.717) is 5.75 Å². The molecule has 0 spiro atoms. The number of benzene rings is 1. The number of hydrogen-bond donors (Lipinski definition) is 1. The molecule has 1 aliphatic heterocycles. The van der Waals surface area contributed by atoms with Crippen LogP contribution in [-0.2, 0) is 49.5 Å². The summed E-state index contributed by atoms with van der Waals surface area (Å²) < 4.78 is 32.8. The largest absolute Gasteiger partial charge is 0.497 e. The zero-order chi connectivity index (χ0) is 24.5. The van der Waals surface area contributed by atoms with E-state index in [-0.39, 0.29) is 13.2 Å². The van der Waals surface area contributed by atoms with E-state index >= 15 is 0 Å². The molecule has 11 nitrogen and oxygen atoms in total. The smallest absolute Gasteiger partial charge is 0.303 e. The van der Waals surface area contributed by atoms with Crippen molar-refractivity contribution in [2.75, 3.05) is 13.7 Å². The Labute approximate surface area is 191 Å². The fourth-order valence-electron chi connectivity index (χ4n) is 3.33. The van der Waals surface area contributed by atoms with Gasteiger partial charge < -0.3 is 33.7 Å². The molecule has 0 saturated carbocycles. The molecule has 1 saturated heterocycles. The van der Waals surface area contributed by atoms with Gasteiger partial charge in [0.15, 0.2) is 18.5 Å². The van der Waals surface area contributed by atoms with E-state index in [1.165, 1.54) is 27.7 Å². The summed E-state index contributed by atoms with van der Waals surface area (Å²) in [6, 6.07) is 6.08. The highest BCUT2D eigenvalue weighted by Crippen LogP contribution is 2.28. The zero-order valence-corrected chi connectivity index (χ0v) is 19.2. The summed E-state index contributed by atoms with van der Waals surface area (Å²) in [5.41, 5.74) is 0.781. The third kappa shape index (κ3) is 8.03. The molecule has 1 heterocycles. The number of amides is 1. The van der Waals surface area contributed by atoms with E-state index in [9.17, 15) is 19.2 Å². The predicted molar refractivity (Wildman–Crippen MR) is 112 cm³/mol. The molecule has 1 fully saturated rings. The van der Waals surface area contributed by atoms with Crippen molar-refractivity contribution < 1.29 is 47.6 Å². The summed E-state index contributed by atoms with van der Waals surface area (Å²) in [5, 5.41) is 2.65. The molecule has 0 bridgehead atoms. The minimum atomic E-state index is -1.16. The average molecular weight is 467 g/mol. The van der Waals surface area contributed by atoms with Crippen LogP contribution in [0.5, 0.6) is 5.75 Å². The molecule has 0 radical (unpaired) electrons. The van der Waals surface area contributed by atoms with Crippen LogP contribution in [0.15, 0.2) is 24.3 Å². The normalized spacial score (nSPS) is 24.3. The second kappa shape index (κ2) is 12.2. The van der Waals surface area contributed by atoms with E-state index in [1.54, 1.807) is 31.4 Å². The van der Waals surface area contributed by atoms with Gasteiger partial charge in [0.1, 0.15) is 24.5 Å². The van der Waals surface area contributed by atoms with E-state index < -0.39 is 54.5 Å². The summed E-state index contributed by atoms with van der Waals surface area (Å²) in [4.78, 5) is 46.9. The Bertz CT molecular complexity index is 840. The minimum absolute atomic E-state index is 0.0794. The van der Waals surface area contributed by atoms with Crippen molar-refractivity contribution in [2.45, 2.75) is 64.9 Å². The summed E-state index contributed by atoms with van der Waals surface area (Å²) in [6.45, 7) is 4.63. The number of carbonyl (C=O) groups is 4. The lowest BCUT2D eigenvalue weighted by molar-refractivity contribution is -0.280. The lowest BCUT2D eigenvalue weighted by Gasteiger charge is -2.44. The molecule has 2 rings (SSSR count). The fraction of sp³-hybridized carbons (Fsp3) is 0.545. The van der Waals surface area contributed by atoms with Gasteiger partial charge in [0.05, 0.1) is 13.7 Å². The first-order chi connectivity index (χ1) is 15.6. The van der Waals surface area contributed by atoms with E-state index in [0.717, 1.165) is 5.56 Å². The summed E-state index contributed by atoms with van der Waals surface area (Å²) in [5.74, 6) is -1.70. The van der Waals surface area contributed by atoms with Crippen molar-refractivity contribution in [3.63, 3.8) is 0 Å². The Morgan fingerprint density at radius 3 is 2.03 bits per heavy atom. The van der Waals surface area contributed by atoms with Crippen LogP contribution in [0.1, 0.15) is 33.3 Å². The van der Waals surface area contributed by atoms with Gasteiger partial charge in [-0.3, -0.25) is 19.2 Å². The first kappa shape index (κ1) is 26.1. The Morgan fingerprint density at radius 2 is 1.52 bits per heavy atom. The number of hydrogen-bond acceptors (Lipinski definition) is 10. The highest BCUT2D eigenvalue weighted by molar-refractivity contribution is 5.73. The number of methoxy groups -OCH3 is 1. The summed E-state index contributed by atoms with van der Waals surface area (Å²) in [7, 11) is 1.55. The van der Waals surface area contributed by atoms with Gasteiger partial charge in [-0.15, -0.1) is 0 Å². The van der Waals surface area contributed by atoms with Gasteiger partial charge in [-0.05, 0) is 17.7 Å². The first-order valence-corrected chi connectivity index (χ1v) is 10.3. The van der Waals surface area contributed by atoms with Crippen LogP contribution in [0.25, 0.3) is 0 Å². The predicted octanol–water partition coefficient (Wildman–Crippen LogP) is 0.868. The molecule has 5 atom stereocenters.